The van der Waals surface area contributed by atoms with Crippen molar-refractivity contribution in [2.75, 3.05) is 13.7 Å². The molecule has 0 fully saturated rings. The monoisotopic (exact) mass is 462 g/mol. The number of rotatable bonds is 16. The van der Waals surface area contributed by atoms with Gasteiger partial charge in [-0.2, -0.15) is 0 Å². The molecular weight excluding hydrogens is 416 g/mol. The summed E-state index contributed by atoms with van der Waals surface area (Å²) in [7, 11) is -0.158. The number of methoxy groups -OCH3 is 1. The molecule has 0 saturated heterocycles. The molecule has 5 atom stereocenters. The molecule has 0 unspecified atom stereocenters. The summed E-state index contributed by atoms with van der Waals surface area (Å²) in [5.41, 5.74) is 1.09. The number of hydrogen-bond donors (Lipinski definition) is 1. The zero-order chi connectivity index (χ0) is 24.1. The predicted octanol–water partition coefficient (Wildman–Crippen LogP) is 6.61. The van der Waals surface area contributed by atoms with E-state index in [1.165, 1.54) is 0 Å². The number of aliphatic hydroxyl groups is 1. The molecule has 0 aromatic heterocycles. The average Bonchev–Trinajstić information content (AvgIpc) is 2.83. The molecule has 1 N–H and O–H groups in total. The maximum absolute atomic E-state index is 10.00. The molecule has 1 rings (SSSR count). The zero-order valence-electron chi connectivity index (χ0n) is 21.3. The van der Waals surface area contributed by atoms with Crippen LogP contribution < -0.4 is 4.74 Å². The van der Waals surface area contributed by atoms with Crippen LogP contribution in [0.3, 0.4) is 0 Å². The Hall–Kier alpha value is -1.40. The SMILES string of the molecule is C=C/C=C/[C@H](C)[C@H](O[Si](CC)(CC)CC)[C@@H](C)[C@H](OCc1ccc(OC)cc1)[C@@H](C)CO. The summed E-state index contributed by atoms with van der Waals surface area (Å²) in [5, 5.41) is 10.00. The molecule has 0 heterocycles. The van der Waals surface area contributed by atoms with Crippen LogP contribution in [0, 0.1) is 17.8 Å². The third-order valence-corrected chi connectivity index (χ3v) is 11.5. The van der Waals surface area contributed by atoms with Gasteiger partial charge in [-0.25, -0.2) is 0 Å². The van der Waals surface area contributed by atoms with Crippen molar-refractivity contribution in [2.24, 2.45) is 17.8 Å². The van der Waals surface area contributed by atoms with Crippen LogP contribution in [0.15, 0.2) is 49.1 Å². The second-order valence-electron chi connectivity index (χ2n) is 8.95. The third-order valence-electron chi connectivity index (χ3n) is 6.87. The van der Waals surface area contributed by atoms with Gasteiger partial charge in [0.25, 0.3) is 0 Å². The van der Waals surface area contributed by atoms with E-state index in [-0.39, 0.29) is 36.6 Å². The lowest BCUT2D eigenvalue weighted by Crippen LogP contribution is -2.48. The quantitative estimate of drug-likeness (QED) is 0.222. The average molecular weight is 463 g/mol. The summed E-state index contributed by atoms with van der Waals surface area (Å²) in [6.45, 7) is 17.7. The lowest BCUT2D eigenvalue weighted by atomic mass is 9.84. The number of benzene rings is 1. The first-order chi connectivity index (χ1) is 15.3. The molecule has 5 heteroatoms. The Balaban J connectivity index is 3.16. The standard InChI is InChI=1S/C27H46O4Si/c1-9-13-14-21(5)27(31-32(10-2,11-3)12-4)23(7)26(22(6)19-28)30-20-24-15-17-25(29-8)18-16-24/h9,13-18,21-23,26-28H,1,10-12,19-20H2,2-8H3/b14-13+/t21-,22-,23-,26+,27-/m0/s1. The van der Waals surface area contributed by atoms with Gasteiger partial charge in [-0.05, 0) is 41.7 Å². The van der Waals surface area contributed by atoms with Gasteiger partial charge in [0, 0.05) is 18.4 Å². The Bertz CT molecular complexity index is 660. The van der Waals surface area contributed by atoms with Gasteiger partial charge in [-0.15, -0.1) is 0 Å². The Morgan fingerprint density at radius 2 is 1.59 bits per heavy atom. The fourth-order valence-electron chi connectivity index (χ4n) is 4.38. The fourth-order valence-corrected chi connectivity index (χ4v) is 7.39. The van der Waals surface area contributed by atoms with E-state index < -0.39 is 8.32 Å². The van der Waals surface area contributed by atoms with Crippen molar-refractivity contribution in [1.29, 1.82) is 0 Å². The van der Waals surface area contributed by atoms with Gasteiger partial charge in [0.05, 0.1) is 25.9 Å². The number of aliphatic hydroxyl groups excluding tert-OH is 1. The van der Waals surface area contributed by atoms with Gasteiger partial charge in [0.2, 0.25) is 0 Å². The summed E-state index contributed by atoms with van der Waals surface area (Å²) in [4.78, 5) is 0. The minimum Gasteiger partial charge on any atom is -0.497 e. The van der Waals surface area contributed by atoms with Crippen LogP contribution in [-0.4, -0.2) is 39.3 Å². The van der Waals surface area contributed by atoms with Crippen molar-refractivity contribution in [2.45, 2.75) is 78.5 Å². The summed E-state index contributed by atoms with van der Waals surface area (Å²) < 4.78 is 18.8. The highest BCUT2D eigenvalue weighted by atomic mass is 28.4. The maximum atomic E-state index is 10.00. The van der Waals surface area contributed by atoms with Crippen LogP contribution in [0.25, 0.3) is 0 Å². The first-order valence-corrected chi connectivity index (χ1v) is 14.7. The van der Waals surface area contributed by atoms with Gasteiger partial charge in [-0.3, -0.25) is 0 Å². The highest BCUT2D eigenvalue weighted by molar-refractivity contribution is 6.73. The molecule has 32 heavy (non-hydrogen) atoms. The number of allylic oxidation sites excluding steroid dienone is 2. The van der Waals surface area contributed by atoms with E-state index in [1.54, 1.807) is 7.11 Å². The summed E-state index contributed by atoms with van der Waals surface area (Å²) in [5.74, 6) is 1.18. The van der Waals surface area contributed by atoms with E-state index in [9.17, 15) is 5.11 Å². The first-order valence-electron chi connectivity index (χ1n) is 12.1. The minimum absolute atomic E-state index is 0.00544. The molecule has 1 aromatic carbocycles. The summed E-state index contributed by atoms with van der Waals surface area (Å²) in [6.07, 6.45) is 5.90. The lowest BCUT2D eigenvalue weighted by molar-refractivity contribution is -0.0775. The molecule has 0 aliphatic rings. The van der Waals surface area contributed by atoms with E-state index in [4.69, 9.17) is 13.9 Å². The Labute approximate surface area is 197 Å². The Morgan fingerprint density at radius 1 is 1.00 bits per heavy atom. The van der Waals surface area contributed by atoms with Gasteiger partial charge < -0.3 is 19.0 Å². The molecule has 0 radical (unpaired) electrons. The summed E-state index contributed by atoms with van der Waals surface area (Å²) in [6, 6.07) is 11.3. The number of ether oxygens (including phenoxy) is 2. The zero-order valence-corrected chi connectivity index (χ0v) is 22.3. The van der Waals surface area contributed by atoms with E-state index in [0.29, 0.717) is 6.61 Å². The van der Waals surface area contributed by atoms with E-state index >= 15 is 0 Å². The molecular formula is C27H46O4Si. The molecule has 0 saturated carbocycles. The number of hydrogen-bond acceptors (Lipinski definition) is 4. The molecule has 0 bridgehead atoms. The van der Waals surface area contributed by atoms with Crippen LogP contribution in [0.4, 0.5) is 0 Å². The predicted molar refractivity (Wildman–Crippen MR) is 138 cm³/mol. The third kappa shape index (κ3) is 8.18. The van der Waals surface area contributed by atoms with Crippen molar-refractivity contribution >= 4 is 8.32 Å². The molecule has 182 valence electrons. The van der Waals surface area contributed by atoms with E-state index in [2.05, 4.69) is 54.2 Å². The smallest absolute Gasteiger partial charge is 0.192 e. The molecule has 1 aromatic rings. The van der Waals surface area contributed by atoms with Crippen molar-refractivity contribution < 1.29 is 19.0 Å². The minimum atomic E-state index is -1.83. The Morgan fingerprint density at radius 3 is 2.06 bits per heavy atom. The Kier molecular flexibility index (Phi) is 13.1. The molecule has 0 aliphatic carbocycles. The second-order valence-corrected chi connectivity index (χ2v) is 13.7. The van der Waals surface area contributed by atoms with E-state index in [0.717, 1.165) is 29.4 Å². The van der Waals surface area contributed by atoms with E-state index in [1.807, 2.05) is 36.4 Å². The van der Waals surface area contributed by atoms with Crippen LogP contribution in [0.2, 0.25) is 18.1 Å². The highest BCUT2D eigenvalue weighted by Crippen LogP contribution is 2.33. The molecule has 0 aliphatic heterocycles. The first kappa shape index (κ1) is 28.6. The summed E-state index contributed by atoms with van der Waals surface area (Å²) >= 11 is 0. The lowest BCUT2D eigenvalue weighted by Gasteiger charge is -2.42. The van der Waals surface area contributed by atoms with Crippen molar-refractivity contribution in [3.63, 3.8) is 0 Å². The van der Waals surface area contributed by atoms with Crippen molar-refractivity contribution in [1.82, 2.24) is 0 Å². The fraction of sp³-hybridized carbons (Fsp3) is 0.630. The maximum Gasteiger partial charge on any atom is 0.192 e. The van der Waals surface area contributed by atoms with Crippen LogP contribution in [0.5, 0.6) is 5.75 Å². The van der Waals surface area contributed by atoms with Gasteiger partial charge in [0.1, 0.15) is 5.75 Å². The topological polar surface area (TPSA) is 47.9 Å². The van der Waals surface area contributed by atoms with Crippen LogP contribution in [0.1, 0.15) is 47.1 Å². The second kappa shape index (κ2) is 14.7. The normalized spacial score (nSPS) is 17.0. The van der Waals surface area contributed by atoms with Crippen LogP contribution in [-0.2, 0) is 15.8 Å². The van der Waals surface area contributed by atoms with Gasteiger partial charge in [0.15, 0.2) is 8.32 Å². The largest absolute Gasteiger partial charge is 0.497 e. The van der Waals surface area contributed by atoms with Crippen molar-refractivity contribution in [3.8, 4) is 5.75 Å². The van der Waals surface area contributed by atoms with Gasteiger partial charge in [-0.1, -0.05) is 78.5 Å². The highest BCUT2D eigenvalue weighted by Gasteiger charge is 2.39. The van der Waals surface area contributed by atoms with Gasteiger partial charge >= 0.3 is 0 Å². The molecule has 4 nitrogen and oxygen atoms in total. The molecule has 0 spiro atoms. The van der Waals surface area contributed by atoms with Crippen molar-refractivity contribution in [3.05, 3.63) is 54.6 Å². The van der Waals surface area contributed by atoms with Crippen LogP contribution >= 0.6 is 0 Å². The molecule has 0 amide bonds.